The zero-order valence-electron chi connectivity index (χ0n) is 14.1. The normalized spacial score (nSPS) is 21.7. The van der Waals surface area contributed by atoms with Gasteiger partial charge in [-0.2, -0.15) is 0 Å². The molecule has 0 bridgehead atoms. The molecule has 2 heterocycles. The molecule has 7 heteroatoms. The number of hydrogen-bond acceptors (Lipinski definition) is 6. The summed E-state index contributed by atoms with van der Waals surface area (Å²) in [6.07, 6.45) is 3.37. The number of carbonyl (C=O) groups excluding carboxylic acids is 1. The predicted octanol–water partition coefficient (Wildman–Crippen LogP) is 1.90. The highest BCUT2D eigenvalue weighted by Crippen LogP contribution is 2.41. The summed E-state index contributed by atoms with van der Waals surface area (Å²) in [6.45, 7) is 7.12. The summed E-state index contributed by atoms with van der Waals surface area (Å²) < 4.78 is 29.2. The van der Waals surface area contributed by atoms with E-state index < -0.39 is 15.3 Å². The molecule has 0 aromatic carbocycles. The van der Waals surface area contributed by atoms with Crippen LogP contribution in [-0.4, -0.2) is 45.3 Å². The number of sulfone groups is 1. The van der Waals surface area contributed by atoms with Crippen LogP contribution in [0.3, 0.4) is 0 Å². The maximum atomic E-state index is 12.5. The van der Waals surface area contributed by atoms with Crippen LogP contribution in [0, 0.1) is 11.3 Å². The lowest BCUT2D eigenvalue weighted by molar-refractivity contribution is -0.156. The highest BCUT2D eigenvalue weighted by Gasteiger charge is 2.49. The Balaban J connectivity index is 2.38. The minimum atomic E-state index is -3.38. The third-order valence-corrected chi connectivity index (χ3v) is 5.66. The first kappa shape index (κ1) is 17.7. The predicted molar refractivity (Wildman–Crippen MR) is 88.1 cm³/mol. The molecular weight excluding hydrogens is 316 g/mol. The Morgan fingerprint density at radius 3 is 2.74 bits per heavy atom. The Morgan fingerprint density at radius 1 is 1.48 bits per heavy atom. The van der Waals surface area contributed by atoms with E-state index in [4.69, 9.17) is 4.74 Å². The van der Waals surface area contributed by atoms with E-state index in [1.54, 1.807) is 25.3 Å². The van der Waals surface area contributed by atoms with E-state index in [9.17, 15) is 13.2 Å². The second kappa shape index (κ2) is 6.47. The third kappa shape index (κ3) is 3.34. The molecule has 1 aromatic heterocycles. The van der Waals surface area contributed by atoms with Gasteiger partial charge in [-0.05, 0) is 31.4 Å². The van der Waals surface area contributed by atoms with Crippen LogP contribution < -0.4 is 4.90 Å². The molecule has 1 aliphatic heterocycles. The van der Waals surface area contributed by atoms with Crippen LogP contribution in [0.5, 0.6) is 0 Å². The quantitative estimate of drug-likeness (QED) is 0.762. The van der Waals surface area contributed by atoms with E-state index in [-0.39, 0.29) is 16.8 Å². The minimum Gasteiger partial charge on any atom is -0.466 e. The molecule has 23 heavy (non-hydrogen) atoms. The Morgan fingerprint density at radius 2 is 2.17 bits per heavy atom. The lowest BCUT2D eigenvalue weighted by Gasteiger charge is -2.31. The van der Waals surface area contributed by atoms with Crippen molar-refractivity contribution >= 4 is 21.6 Å². The van der Waals surface area contributed by atoms with Gasteiger partial charge in [0, 0.05) is 25.5 Å². The van der Waals surface area contributed by atoms with Gasteiger partial charge >= 0.3 is 5.97 Å². The second-order valence-corrected chi connectivity index (χ2v) is 8.28. The number of esters is 1. The topological polar surface area (TPSA) is 76.6 Å². The van der Waals surface area contributed by atoms with Crippen molar-refractivity contribution in [2.45, 2.75) is 32.1 Å². The first-order chi connectivity index (χ1) is 10.7. The van der Waals surface area contributed by atoms with Crippen LogP contribution in [0.15, 0.2) is 23.2 Å². The van der Waals surface area contributed by atoms with Crippen molar-refractivity contribution in [2.75, 3.05) is 30.9 Å². The molecule has 1 saturated heterocycles. The van der Waals surface area contributed by atoms with Crippen molar-refractivity contribution in [1.29, 1.82) is 0 Å². The Labute approximate surface area is 137 Å². The molecule has 1 fully saturated rings. The van der Waals surface area contributed by atoms with Crippen LogP contribution in [0.1, 0.15) is 27.2 Å². The fraction of sp³-hybridized carbons (Fsp3) is 0.625. The molecule has 1 atom stereocenters. The number of hydrogen-bond donors (Lipinski definition) is 0. The van der Waals surface area contributed by atoms with E-state index in [1.807, 2.05) is 18.7 Å². The molecule has 0 aliphatic carbocycles. The molecule has 2 rings (SSSR count). The Kier molecular flexibility index (Phi) is 4.98. The third-order valence-electron chi connectivity index (χ3n) is 4.54. The monoisotopic (exact) mass is 340 g/mol. The van der Waals surface area contributed by atoms with Crippen LogP contribution in [0.4, 0.5) is 5.82 Å². The Bertz CT molecular complexity index is 687. The number of pyridine rings is 1. The maximum Gasteiger partial charge on any atom is 0.314 e. The van der Waals surface area contributed by atoms with E-state index >= 15 is 0 Å². The van der Waals surface area contributed by atoms with Gasteiger partial charge in [0.05, 0.1) is 12.0 Å². The summed E-state index contributed by atoms with van der Waals surface area (Å²) in [6, 6.07) is 3.16. The number of ether oxygens (including phenoxy) is 1. The largest absolute Gasteiger partial charge is 0.466 e. The molecule has 0 saturated carbocycles. The van der Waals surface area contributed by atoms with Crippen LogP contribution >= 0.6 is 0 Å². The van der Waals surface area contributed by atoms with Crippen molar-refractivity contribution in [3.63, 3.8) is 0 Å². The van der Waals surface area contributed by atoms with Gasteiger partial charge in [-0.1, -0.05) is 13.8 Å². The van der Waals surface area contributed by atoms with Gasteiger partial charge in [-0.25, -0.2) is 13.4 Å². The van der Waals surface area contributed by atoms with Gasteiger partial charge in [0.15, 0.2) is 9.84 Å². The van der Waals surface area contributed by atoms with Gasteiger partial charge in [0.1, 0.15) is 10.7 Å². The average Bonchev–Trinajstić information content (AvgIpc) is 2.93. The van der Waals surface area contributed by atoms with E-state index in [0.29, 0.717) is 31.9 Å². The summed E-state index contributed by atoms with van der Waals surface area (Å²) in [5.41, 5.74) is -0.623. The molecule has 0 N–H and O–H groups in total. The van der Waals surface area contributed by atoms with Crippen LogP contribution in [-0.2, 0) is 19.4 Å². The first-order valence-electron chi connectivity index (χ1n) is 7.79. The molecule has 6 nitrogen and oxygen atoms in total. The van der Waals surface area contributed by atoms with E-state index in [0.717, 1.165) is 0 Å². The Hall–Kier alpha value is -1.63. The highest BCUT2D eigenvalue weighted by atomic mass is 32.2. The van der Waals surface area contributed by atoms with Crippen molar-refractivity contribution in [1.82, 2.24) is 4.98 Å². The number of nitrogens with zero attached hydrogens (tertiary/aromatic N) is 2. The summed E-state index contributed by atoms with van der Waals surface area (Å²) in [5.74, 6) is 0.299. The van der Waals surface area contributed by atoms with E-state index in [2.05, 4.69) is 4.98 Å². The first-order valence-corrected chi connectivity index (χ1v) is 9.68. The molecule has 1 aliphatic rings. The van der Waals surface area contributed by atoms with Crippen molar-refractivity contribution in [2.24, 2.45) is 11.3 Å². The fourth-order valence-electron chi connectivity index (χ4n) is 3.07. The van der Waals surface area contributed by atoms with Gasteiger partial charge in [0.2, 0.25) is 0 Å². The molecule has 128 valence electrons. The molecule has 0 spiro atoms. The minimum absolute atomic E-state index is 0.0944. The molecular formula is C16H24N2O4S. The standard InChI is InChI=1S/C16H24N2O4S/c1-5-22-15(19)16(12(2)3)8-10-18(11-16)14-13(23(4,20)21)7-6-9-17-14/h6-7,9,12H,5,8,10-11H2,1-4H3. The van der Waals surface area contributed by atoms with E-state index in [1.165, 1.54) is 6.26 Å². The lowest BCUT2D eigenvalue weighted by atomic mass is 9.76. The summed E-state index contributed by atoms with van der Waals surface area (Å²) in [4.78, 5) is 18.8. The second-order valence-electron chi connectivity index (χ2n) is 6.30. The average molecular weight is 340 g/mol. The smallest absolute Gasteiger partial charge is 0.314 e. The molecule has 0 amide bonds. The number of rotatable bonds is 5. The number of anilines is 1. The summed E-state index contributed by atoms with van der Waals surface area (Å²) >= 11 is 0. The van der Waals surface area contributed by atoms with Gasteiger partial charge in [-0.3, -0.25) is 4.79 Å². The number of carbonyl (C=O) groups is 1. The maximum absolute atomic E-state index is 12.5. The van der Waals surface area contributed by atoms with Gasteiger partial charge < -0.3 is 9.64 Å². The lowest BCUT2D eigenvalue weighted by Crippen LogP contribution is -2.41. The summed E-state index contributed by atoms with van der Waals surface area (Å²) in [7, 11) is -3.38. The number of aromatic nitrogens is 1. The van der Waals surface area contributed by atoms with Crippen molar-refractivity contribution in [3.05, 3.63) is 18.3 Å². The van der Waals surface area contributed by atoms with Crippen molar-refractivity contribution < 1.29 is 17.9 Å². The van der Waals surface area contributed by atoms with Crippen LogP contribution in [0.2, 0.25) is 0 Å². The SMILES string of the molecule is CCOC(=O)C1(C(C)C)CCN(c2ncccc2S(C)(=O)=O)C1. The zero-order valence-corrected chi connectivity index (χ0v) is 14.9. The van der Waals surface area contributed by atoms with Gasteiger partial charge in [0.25, 0.3) is 0 Å². The zero-order chi connectivity index (χ0) is 17.3. The molecule has 0 radical (unpaired) electrons. The molecule has 1 aromatic rings. The van der Waals surface area contributed by atoms with Crippen LogP contribution in [0.25, 0.3) is 0 Å². The fourth-order valence-corrected chi connectivity index (χ4v) is 3.91. The van der Waals surface area contributed by atoms with Gasteiger partial charge in [-0.15, -0.1) is 0 Å². The highest BCUT2D eigenvalue weighted by molar-refractivity contribution is 7.90. The summed E-state index contributed by atoms with van der Waals surface area (Å²) in [5, 5.41) is 0. The molecule has 1 unspecified atom stereocenters. The van der Waals surface area contributed by atoms with Crippen molar-refractivity contribution in [3.8, 4) is 0 Å².